The topological polar surface area (TPSA) is 96.4 Å². The van der Waals surface area contributed by atoms with E-state index < -0.39 is 16.0 Å². The molecule has 0 bridgehead atoms. The molecule has 2 aromatic rings. The van der Waals surface area contributed by atoms with Gasteiger partial charge in [0.15, 0.2) is 0 Å². The number of sulfonamides is 1. The van der Waals surface area contributed by atoms with Gasteiger partial charge in [-0.2, -0.15) is 0 Å². The minimum Gasteiger partial charge on any atom is -0.477 e. The number of anilines is 1. The quantitative estimate of drug-likeness (QED) is 0.862. The molecular weight excluding hydrogens is 360 g/mol. The lowest BCUT2D eigenvalue weighted by atomic mass is 10.2. The number of benzene rings is 1. The molecule has 0 aliphatic rings. The molecule has 110 valence electrons. The van der Waals surface area contributed by atoms with E-state index in [1.807, 2.05) is 6.92 Å². The van der Waals surface area contributed by atoms with Gasteiger partial charge < -0.3 is 5.11 Å². The van der Waals surface area contributed by atoms with E-state index in [1.54, 1.807) is 12.1 Å². The number of rotatable bonds is 4. The Bertz CT molecular complexity index is 788. The van der Waals surface area contributed by atoms with Crippen molar-refractivity contribution in [2.24, 2.45) is 0 Å². The summed E-state index contributed by atoms with van der Waals surface area (Å²) in [6.07, 6.45) is 1.16. The molecule has 1 aromatic heterocycles. The number of hydrogen-bond donors (Lipinski definition) is 2. The van der Waals surface area contributed by atoms with Gasteiger partial charge in [-0.05, 0) is 52.7 Å². The Labute approximate surface area is 130 Å². The molecule has 0 fully saturated rings. The molecule has 2 rings (SSSR count). The average molecular weight is 371 g/mol. The summed E-state index contributed by atoms with van der Waals surface area (Å²) in [4.78, 5) is 14.4. The Kier molecular flexibility index (Phi) is 4.29. The van der Waals surface area contributed by atoms with Crippen LogP contribution in [0.15, 0.2) is 45.9 Å². The van der Waals surface area contributed by atoms with E-state index in [1.165, 1.54) is 18.2 Å². The Hall–Kier alpha value is -1.93. The van der Waals surface area contributed by atoms with Crippen LogP contribution in [-0.2, 0) is 10.0 Å². The highest BCUT2D eigenvalue weighted by Crippen LogP contribution is 2.25. The van der Waals surface area contributed by atoms with Crippen molar-refractivity contribution in [2.45, 2.75) is 11.8 Å². The number of nitrogens with zero attached hydrogens (tertiary/aromatic N) is 1. The lowest BCUT2D eigenvalue weighted by Crippen LogP contribution is -2.14. The molecule has 0 atom stereocenters. The number of nitrogens with one attached hydrogen (secondary N) is 1. The first-order valence-electron chi connectivity index (χ1n) is 5.78. The second kappa shape index (κ2) is 5.82. The number of aromatic nitrogens is 1. The normalized spacial score (nSPS) is 11.1. The first kappa shape index (κ1) is 15.5. The summed E-state index contributed by atoms with van der Waals surface area (Å²) >= 11 is 3.21. The summed E-state index contributed by atoms with van der Waals surface area (Å²) in [7, 11) is -3.78. The predicted octanol–water partition coefficient (Wildman–Crippen LogP) is 2.65. The van der Waals surface area contributed by atoms with Crippen LogP contribution < -0.4 is 4.72 Å². The zero-order chi connectivity index (χ0) is 15.6. The Morgan fingerprint density at radius 3 is 2.52 bits per heavy atom. The van der Waals surface area contributed by atoms with E-state index in [-0.39, 0.29) is 16.3 Å². The van der Waals surface area contributed by atoms with Crippen LogP contribution in [0.25, 0.3) is 0 Å². The van der Waals surface area contributed by atoms with Crippen molar-refractivity contribution in [3.05, 3.63) is 52.3 Å². The maximum Gasteiger partial charge on any atom is 0.354 e. The largest absolute Gasteiger partial charge is 0.477 e. The van der Waals surface area contributed by atoms with Crippen LogP contribution in [0.5, 0.6) is 0 Å². The molecule has 1 aromatic carbocycles. The number of pyridine rings is 1. The summed E-state index contributed by atoms with van der Waals surface area (Å²) in [6.45, 7) is 1.85. The van der Waals surface area contributed by atoms with Crippen molar-refractivity contribution in [3.63, 3.8) is 0 Å². The van der Waals surface area contributed by atoms with E-state index in [0.717, 1.165) is 11.8 Å². The van der Waals surface area contributed by atoms with Gasteiger partial charge in [-0.3, -0.25) is 4.72 Å². The monoisotopic (exact) mass is 370 g/mol. The maximum absolute atomic E-state index is 12.3. The molecule has 0 aliphatic heterocycles. The molecule has 0 saturated carbocycles. The third kappa shape index (κ3) is 3.59. The number of aromatic carboxylic acids is 1. The van der Waals surface area contributed by atoms with Gasteiger partial charge in [0.25, 0.3) is 10.0 Å². The van der Waals surface area contributed by atoms with Crippen molar-refractivity contribution >= 4 is 37.6 Å². The number of carboxylic acids is 1. The molecule has 0 amide bonds. The summed E-state index contributed by atoms with van der Waals surface area (Å²) < 4.78 is 27.3. The molecule has 0 radical (unpaired) electrons. The molecule has 0 spiro atoms. The van der Waals surface area contributed by atoms with Crippen molar-refractivity contribution in [1.82, 2.24) is 4.98 Å². The molecule has 2 N–H and O–H groups in total. The van der Waals surface area contributed by atoms with E-state index >= 15 is 0 Å². The number of carboxylic acid groups (broad SMARTS) is 1. The van der Waals surface area contributed by atoms with Crippen LogP contribution in [0.1, 0.15) is 16.1 Å². The fourth-order valence-electron chi connectivity index (χ4n) is 1.61. The third-order valence-electron chi connectivity index (χ3n) is 2.61. The van der Waals surface area contributed by atoms with Crippen molar-refractivity contribution in [2.75, 3.05) is 4.72 Å². The fourth-order valence-corrected chi connectivity index (χ4v) is 3.85. The van der Waals surface area contributed by atoms with Gasteiger partial charge >= 0.3 is 5.97 Å². The van der Waals surface area contributed by atoms with Gasteiger partial charge in [0.05, 0.1) is 11.9 Å². The van der Waals surface area contributed by atoms with Crippen molar-refractivity contribution in [1.29, 1.82) is 0 Å². The number of aryl methyl sites for hydroxylation is 1. The predicted molar refractivity (Wildman–Crippen MR) is 80.9 cm³/mol. The Balaban J connectivity index is 2.30. The smallest absolute Gasteiger partial charge is 0.354 e. The van der Waals surface area contributed by atoms with E-state index in [2.05, 4.69) is 25.6 Å². The second-order valence-electron chi connectivity index (χ2n) is 4.28. The molecule has 0 saturated heterocycles. The zero-order valence-electron chi connectivity index (χ0n) is 10.9. The number of halogens is 1. The first-order chi connectivity index (χ1) is 9.79. The van der Waals surface area contributed by atoms with Crippen LogP contribution in [-0.4, -0.2) is 24.5 Å². The van der Waals surface area contributed by atoms with E-state index in [0.29, 0.717) is 4.47 Å². The van der Waals surface area contributed by atoms with Crippen LogP contribution in [0.3, 0.4) is 0 Å². The first-order valence-corrected chi connectivity index (χ1v) is 8.05. The summed E-state index contributed by atoms with van der Waals surface area (Å²) in [6, 6.07) is 7.44. The van der Waals surface area contributed by atoms with Crippen LogP contribution in [0.4, 0.5) is 5.69 Å². The van der Waals surface area contributed by atoms with Gasteiger partial charge in [-0.25, -0.2) is 18.2 Å². The Morgan fingerprint density at radius 1 is 1.29 bits per heavy atom. The lowest BCUT2D eigenvalue weighted by Gasteiger charge is -2.10. The molecule has 0 aliphatic carbocycles. The zero-order valence-corrected chi connectivity index (χ0v) is 13.3. The van der Waals surface area contributed by atoms with Gasteiger partial charge in [-0.15, -0.1) is 0 Å². The Morgan fingerprint density at radius 2 is 2.00 bits per heavy atom. The average Bonchev–Trinajstić information content (AvgIpc) is 2.38. The van der Waals surface area contributed by atoms with E-state index in [9.17, 15) is 13.2 Å². The number of carbonyl (C=O) groups is 1. The minimum atomic E-state index is -3.78. The standard InChI is InChI=1S/C13H11BrN2O4S/c1-8-2-5-12(10(14)6-8)21(19,20)16-9-3-4-11(13(17)18)15-7-9/h2-7,16H,1H3,(H,17,18). The molecular formula is C13H11BrN2O4S. The molecule has 8 heteroatoms. The van der Waals surface area contributed by atoms with Gasteiger partial charge in [0.2, 0.25) is 0 Å². The van der Waals surface area contributed by atoms with Crippen molar-refractivity contribution in [3.8, 4) is 0 Å². The highest BCUT2D eigenvalue weighted by Gasteiger charge is 2.18. The summed E-state index contributed by atoms with van der Waals surface area (Å²) in [5, 5.41) is 8.74. The van der Waals surface area contributed by atoms with Crippen molar-refractivity contribution < 1.29 is 18.3 Å². The summed E-state index contributed by atoms with van der Waals surface area (Å²) in [5.41, 5.74) is 0.954. The highest BCUT2D eigenvalue weighted by atomic mass is 79.9. The molecule has 21 heavy (non-hydrogen) atoms. The SMILES string of the molecule is Cc1ccc(S(=O)(=O)Nc2ccc(C(=O)O)nc2)c(Br)c1. The molecule has 6 nitrogen and oxygen atoms in total. The minimum absolute atomic E-state index is 0.0930. The maximum atomic E-state index is 12.3. The van der Waals surface area contributed by atoms with Gasteiger partial charge in [0.1, 0.15) is 10.6 Å². The molecule has 0 unspecified atom stereocenters. The number of hydrogen-bond acceptors (Lipinski definition) is 4. The lowest BCUT2D eigenvalue weighted by molar-refractivity contribution is 0.0690. The molecule has 1 heterocycles. The third-order valence-corrected chi connectivity index (χ3v) is 4.97. The van der Waals surface area contributed by atoms with Gasteiger partial charge in [-0.1, -0.05) is 6.07 Å². The fraction of sp³-hybridized carbons (Fsp3) is 0.0769. The second-order valence-corrected chi connectivity index (χ2v) is 6.78. The highest BCUT2D eigenvalue weighted by molar-refractivity contribution is 9.10. The van der Waals surface area contributed by atoms with Gasteiger partial charge in [0, 0.05) is 4.47 Å². The van der Waals surface area contributed by atoms with Crippen LogP contribution in [0, 0.1) is 6.92 Å². The van der Waals surface area contributed by atoms with Crippen LogP contribution in [0.2, 0.25) is 0 Å². The van der Waals surface area contributed by atoms with E-state index in [4.69, 9.17) is 5.11 Å². The van der Waals surface area contributed by atoms with Crippen LogP contribution >= 0.6 is 15.9 Å². The summed E-state index contributed by atoms with van der Waals surface area (Å²) in [5.74, 6) is -1.18.